The average Bonchev–Trinajstić information content (AvgIpc) is 2.82. The predicted molar refractivity (Wildman–Crippen MR) is 65.4 cm³/mol. The Balaban J connectivity index is 2.19. The van der Waals surface area contributed by atoms with Gasteiger partial charge in [-0.3, -0.25) is 9.38 Å². The van der Waals surface area contributed by atoms with E-state index in [4.69, 9.17) is 5.11 Å². The lowest BCUT2D eigenvalue weighted by Crippen LogP contribution is -1.98. The maximum atomic E-state index is 10.9. The minimum Gasteiger partial charge on any atom is -0.478 e. The van der Waals surface area contributed by atoms with Gasteiger partial charge >= 0.3 is 5.97 Å². The van der Waals surface area contributed by atoms with E-state index >= 15 is 0 Å². The molecule has 5 heteroatoms. The van der Waals surface area contributed by atoms with E-state index in [9.17, 15) is 4.79 Å². The van der Waals surface area contributed by atoms with Gasteiger partial charge < -0.3 is 5.11 Å². The van der Waals surface area contributed by atoms with Gasteiger partial charge in [-0.05, 0) is 24.3 Å². The van der Waals surface area contributed by atoms with Gasteiger partial charge in [-0.15, -0.1) is 0 Å². The van der Waals surface area contributed by atoms with Gasteiger partial charge in [0.1, 0.15) is 5.69 Å². The van der Waals surface area contributed by atoms with Crippen LogP contribution >= 0.6 is 0 Å². The number of pyridine rings is 2. The summed E-state index contributed by atoms with van der Waals surface area (Å²) in [6.07, 6.45) is 5.02. The maximum absolute atomic E-state index is 10.9. The van der Waals surface area contributed by atoms with Crippen LogP contribution in [0.25, 0.3) is 17.0 Å². The molecule has 3 heterocycles. The summed E-state index contributed by atoms with van der Waals surface area (Å²) >= 11 is 0. The first-order chi connectivity index (χ1) is 8.75. The zero-order chi connectivity index (χ0) is 12.5. The quantitative estimate of drug-likeness (QED) is 0.743. The minimum atomic E-state index is -0.946. The topological polar surface area (TPSA) is 67.5 Å². The lowest BCUT2D eigenvalue weighted by molar-refractivity contribution is 0.0697. The molecule has 0 saturated carbocycles. The Morgan fingerprint density at radius 3 is 2.83 bits per heavy atom. The van der Waals surface area contributed by atoms with Crippen LogP contribution in [0.4, 0.5) is 0 Å². The molecule has 0 aliphatic carbocycles. The highest BCUT2D eigenvalue weighted by Gasteiger charge is 2.09. The number of fused-ring (bicyclic) bond motifs is 1. The van der Waals surface area contributed by atoms with Crippen LogP contribution in [0.5, 0.6) is 0 Å². The maximum Gasteiger partial charge on any atom is 0.335 e. The van der Waals surface area contributed by atoms with E-state index in [0.717, 1.165) is 11.2 Å². The number of imidazole rings is 1. The molecule has 0 spiro atoms. The lowest BCUT2D eigenvalue weighted by Gasteiger charge is -2.01. The molecule has 0 aromatic carbocycles. The number of hydrogen-bond donors (Lipinski definition) is 1. The lowest BCUT2D eigenvalue weighted by atomic mass is 10.2. The molecule has 3 rings (SSSR count). The highest BCUT2D eigenvalue weighted by atomic mass is 16.4. The highest BCUT2D eigenvalue weighted by molar-refractivity contribution is 5.89. The highest BCUT2D eigenvalue weighted by Crippen LogP contribution is 2.18. The van der Waals surface area contributed by atoms with Gasteiger partial charge in [-0.1, -0.05) is 6.07 Å². The van der Waals surface area contributed by atoms with Crippen LogP contribution in [-0.4, -0.2) is 25.4 Å². The van der Waals surface area contributed by atoms with Crippen LogP contribution in [0.15, 0.2) is 48.9 Å². The van der Waals surface area contributed by atoms with Crippen molar-refractivity contribution in [3.8, 4) is 11.5 Å². The van der Waals surface area contributed by atoms with Crippen molar-refractivity contribution < 1.29 is 9.90 Å². The molecule has 1 N–H and O–H groups in total. The fourth-order valence-electron chi connectivity index (χ4n) is 1.82. The monoisotopic (exact) mass is 239 g/mol. The third-order valence-electron chi connectivity index (χ3n) is 2.67. The number of aromatic carboxylic acids is 1. The molecule has 0 fully saturated rings. The average molecular weight is 239 g/mol. The van der Waals surface area contributed by atoms with Gasteiger partial charge in [0.25, 0.3) is 0 Å². The molecule has 88 valence electrons. The number of rotatable bonds is 2. The zero-order valence-electron chi connectivity index (χ0n) is 9.32. The van der Waals surface area contributed by atoms with Crippen molar-refractivity contribution in [3.63, 3.8) is 0 Å². The first-order valence-electron chi connectivity index (χ1n) is 5.37. The molecule has 0 bridgehead atoms. The van der Waals surface area contributed by atoms with Gasteiger partial charge in [0, 0.05) is 12.4 Å². The summed E-state index contributed by atoms with van der Waals surface area (Å²) in [6.45, 7) is 0. The second-order valence-corrected chi connectivity index (χ2v) is 3.81. The molecule has 3 aromatic rings. The molecule has 3 aromatic heterocycles. The molecule has 0 aliphatic rings. The molecule has 18 heavy (non-hydrogen) atoms. The Kier molecular flexibility index (Phi) is 2.30. The molecular weight excluding hydrogens is 230 g/mol. The third-order valence-corrected chi connectivity index (χ3v) is 2.67. The third kappa shape index (κ3) is 1.62. The number of carboxylic acid groups (broad SMARTS) is 1. The predicted octanol–water partition coefficient (Wildman–Crippen LogP) is 2.09. The summed E-state index contributed by atoms with van der Waals surface area (Å²) in [5, 5.41) is 8.93. The summed E-state index contributed by atoms with van der Waals surface area (Å²) in [5.41, 5.74) is 1.73. The van der Waals surface area contributed by atoms with E-state index in [-0.39, 0.29) is 5.56 Å². The normalized spacial score (nSPS) is 10.7. The number of hydrogen-bond acceptors (Lipinski definition) is 3. The molecule has 0 aliphatic heterocycles. The fourth-order valence-corrected chi connectivity index (χ4v) is 1.82. The van der Waals surface area contributed by atoms with E-state index in [0.29, 0.717) is 5.82 Å². The Morgan fingerprint density at radius 1 is 1.22 bits per heavy atom. The number of carbonyl (C=O) groups is 1. The second-order valence-electron chi connectivity index (χ2n) is 3.81. The Bertz CT molecular complexity index is 719. The van der Waals surface area contributed by atoms with Crippen molar-refractivity contribution in [2.75, 3.05) is 0 Å². The largest absolute Gasteiger partial charge is 0.478 e. The fraction of sp³-hybridized carbons (Fsp3) is 0. The van der Waals surface area contributed by atoms with E-state index < -0.39 is 5.97 Å². The number of carboxylic acids is 1. The van der Waals surface area contributed by atoms with Crippen molar-refractivity contribution in [1.82, 2.24) is 14.4 Å². The zero-order valence-corrected chi connectivity index (χ0v) is 9.32. The summed E-state index contributed by atoms with van der Waals surface area (Å²) in [6, 6.07) is 8.71. The molecule has 0 atom stereocenters. The SMILES string of the molecule is O=C(O)c1ccn2c(-c3ccccn3)ncc2c1. The molecule has 0 radical (unpaired) electrons. The van der Waals surface area contributed by atoms with E-state index in [2.05, 4.69) is 9.97 Å². The second kappa shape index (κ2) is 3.96. The number of nitrogens with zero attached hydrogens (tertiary/aromatic N) is 3. The number of aromatic nitrogens is 3. The molecular formula is C13H9N3O2. The summed E-state index contributed by atoms with van der Waals surface area (Å²) in [7, 11) is 0. The Morgan fingerprint density at radius 2 is 2.11 bits per heavy atom. The summed E-state index contributed by atoms with van der Waals surface area (Å²) in [5.74, 6) is -0.249. The van der Waals surface area contributed by atoms with Gasteiger partial charge in [-0.2, -0.15) is 0 Å². The van der Waals surface area contributed by atoms with E-state index in [1.54, 1.807) is 30.7 Å². The molecule has 0 unspecified atom stereocenters. The molecule has 5 nitrogen and oxygen atoms in total. The summed E-state index contributed by atoms with van der Waals surface area (Å²) < 4.78 is 1.81. The van der Waals surface area contributed by atoms with E-state index in [1.807, 2.05) is 22.6 Å². The molecule has 0 saturated heterocycles. The van der Waals surface area contributed by atoms with Crippen LogP contribution in [0.1, 0.15) is 10.4 Å². The Hall–Kier alpha value is -2.69. The Labute approximate surface area is 102 Å². The van der Waals surface area contributed by atoms with Gasteiger partial charge in [-0.25, -0.2) is 9.78 Å². The smallest absolute Gasteiger partial charge is 0.335 e. The van der Waals surface area contributed by atoms with Crippen molar-refractivity contribution in [2.45, 2.75) is 0 Å². The van der Waals surface area contributed by atoms with Crippen LogP contribution in [0, 0.1) is 0 Å². The van der Waals surface area contributed by atoms with Gasteiger partial charge in [0.05, 0.1) is 17.3 Å². The van der Waals surface area contributed by atoms with Crippen LogP contribution in [0.2, 0.25) is 0 Å². The van der Waals surface area contributed by atoms with Crippen molar-refractivity contribution in [2.24, 2.45) is 0 Å². The summed E-state index contributed by atoms with van der Waals surface area (Å²) in [4.78, 5) is 19.4. The minimum absolute atomic E-state index is 0.245. The van der Waals surface area contributed by atoms with Crippen molar-refractivity contribution in [1.29, 1.82) is 0 Å². The van der Waals surface area contributed by atoms with Crippen LogP contribution < -0.4 is 0 Å². The van der Waals surface area contributed by atoms with Crippen LogP contribution in [-0.2, 0) is 0 Å². The van der Waals surface area contributed by atoms with Gasteiger partial charge in [0.2, 0.25) is 0 Å². The standard InChI is InChI=1S/C13H9N3O2/c17-13(18)9-4-6-16-10(7-9)8-15-12(16)11-3-1-2-5-14-11/h1-8H,(H,17,18). The van der Waals surface area contributed by atoms with Gasteiger partial charge in [0.15, 0.2) is 5.82 Å². The van der Waals surface area contributed by atoms with Crippen molar-refractivity contribution >= 4 is 11.5 Å². The van der Waals surface area contributed by atoms with Crippen LogP contribution in [0.3, 0.4) is 0 Å². The van der Waals surface area contributed by atoms with E-state index in [1.165, 1.54) is 0 Å². The van der Waals surface area contributed by atoms with Crippen molar-refractivity contribution in [3.05, 3.63) is 54.5 Å². The molecule has 0 amide bonds. The first kappa shape index (κ1) is 10.5. The first-order valence-corrected chi connectivity index (χ1v) is 5.37.